The molecule has 0 spiro atoms. The van der Waals surface area contributed by atoms with Gasteiger partial charge in [0.2, 0.25) is 0 Å². The van der Waals surface area contributed by atoms with E-state index >= 15 is 0 Å². The van der Waals surface area contributed by atoms with Gasteiger partial charge in [0, 0.05) is 29.8 Å². The van der Waals surface area contributed by atoms with Gasteiger partial charge in [-0.15, -0.1) is 0 Å². The number of hydrogen-bond donors (Lipinski definition) is 3. The van der Waals surface area contributed by atoms with Crippen molar-refractivity contribution < 1.29 is 4.79 Å². The van der Waals surface area contributed by atoms with Crippen molar-refractivity contribution in [2.24, 2.45) is 11.8 Å². The lowest BCUT2D eigenvalue weighted by atomic mass is 9.80. The second-order valence-corrected chi connectivity index (χ2v) is 8.30. The van der Waals surface area contributed by atoms with E-state index in [0.29, 0.717) is 23.9 Å². The Kier molecular flexibility index (Phi) is 3.79. The van der Waals surface area contributed by atoms with Crippen LogP contribution >= 0.6 is 11.3 Å². The van der Waals surface area contributed by atoms with Crippen molar-refractivity contribution in [1.29, 1.82) is 0 Å². The number of amides is 1. The standard InChI is InChI=1S/C20H23N3OS/c24-20(22-10-12-1-2-12)13-3-4-17-16(9-13)19-15(5-7-21-19)18(23-17)14-6-8-25-11-14/h3-4,6,8-9,11-12,15,18-19,21,23H,1-2,5,7,10H2,(H,22,24). The summed E-state index contributed by atoms with van der Waals surface area (Å²) in [6.07, 6.45) is 3.67. The molecule has 0 bridgehead atoms. The summed E-state index contributed by atoms with van der Waals surface area (Å²) in [7, 11) is 0. The third-order valence-corrected chi connectivity index (χ3v) is 6.51. The Morgan fingerprint density at radius 1 is 1.20 bits per heavy atom. The second-order valence-electron chi connectivity index (χ2n) is 7.52. The first-order valence-electron chi connectivity index (χ1n) is 9.24. The third-order valence-electron chi connectivity index (χ3n) is 5.81. The SMILES string of the molecule is O=C(NCC1CC1)c1ccc2c(c1)C1NCCC1C(c1ccsc1)N2. The third kappa shape index (κ3) is 2.85. The molecule has 1 amide bonds. The van der Waals surface area contributed by atoms with Crippen LogP contribution in [0.15, 0.2) is 35.0 Å². The van der Waals surface area contributed by atoms with Crippen molar-refractivity contribution in [2.75, 3.05) is 18.4 Å². The van der Waals surface area contributed by atoms with Gasteiger partial charge in [0.25, 0.3) is 5.91 Å². The van der Waals surface area contributed by atoms with E-state index in [9.17, 15) is 4.79 Å². The Balaban J connectivity index is 1.43. The molecule has 2 aliphatic heterocycles. The highest BCUT2D eigenvalue weighted by atomic mass is 32.1. The molecule has 5 heteroatoms. The topological polar surface area (TPSA) is 53.2 Å². The van der Waals surface area contributed by atoms with E-state index in [1.807, 2.05) is 6.07 Å². The highest BCUT2D eigenvalue weighted by Crippen LogP contribution is 2.47. The molecule has 130 valence electrons. The Morgan fingerprint density at radius 2 is 2.12 bits per heavy atom. The maximum absolute atomic E-state index is 12.5. The maximum atomic E-state index is 12.5. The van der Waals surface area contributed by atoms with Crippen LogP contribution in [-0.4, -0.2) is 19.0 Å². The number of anilines is 1. The second kappa shape index (κ2) is 6.15. The average Bonchev–Trinajstić information content (AvgIpc) is 3.11. The summed E-state index contributed by atoms with van der Waals surface area (Å²) < 4.78 is 0. The number of carbonyl (C=O) groups excluding carboxylic acids is 1. The van der Waals surface area contributed by atoms with E-state index in [4.69, 9.17) is 0 Å². The zero-order valence-electron chi connectivity index (χ0n) is 14.1. The highest BCUT2D eigenvalue weighted by molar-refractivity contribution is 7.08. The minimum Gasteiger partial charge on any atom is -0.378 e. The Morgan fingerprint density at radius 3 is 2.92 bits per heavy atom. The smallest absolute Gasteiger partial charge is 0.251 e. The van der Waals surface area contributed by atoms with Gasteiger partial charge in [-0.25, -0.2) is 0 Å². The molecule has 3 atom stereocenters. The van der Waals surface area contributed by atoms with Crippen LogP contribution < -0.4 is 16.0 Å². The first kappa shape index (κ1) is 15.4. The fourth-order valence-corrected chi connectivity index (χ4v) is 4.93. The zero-order valence-corrected chi connectivity index (χ0v) is 14.9. The van der Waals surface area contributed by atoms with E-state index in [0.717, 1.165) is 30.8 Å². The quantitative estimate of drug-likeness (QED) is 0.785. The van der Waals surface area contributed by atoms with Crippen LogP contribution in [0, 0.1) is 11.8 Å². The van der Waals surface area contributed by atoms with E-state index in [1.54, 1.807) is 11.3 Å². The molecule has 3 aliphatic rings. The molecule has 25 heavy (non-hydrogen) atoms. The monoisotopic (exact) mass is 353 g/mol. The molecular formula is C20H23N3OS. The van der Waals surface area contributed by atoms with Crippen LogP contribution in [0.1, 0.15) is 52.8 Å². The number of hydrogen-bond acceptors (Lipinski definition) is 4. The van der Waals surface area contributed by atoms with Gasteiger partial charge in [-0.3, -0.25) is 4.79 Å². The normalized spacial score (nSPS) is 27.3. The molecule has 1 saturated heterocycles. The first-order valence-corrected chi connectivity index (χ1v) is 10.2. The molecule has 1 saturated carbocycles. The van der Waals surface area contributed by atoms with Gasteiger partial charge in [0.1, 0.15) is 0 Å². The van der Waals surface area contributed by atoms with Crippen molar-refractivity contribution in [1.82, 2.24) is 10.6 Å². The van der Waals surface area contributed by atoms with Crippen LogP contribution in [0.4, 0.5) is 5.69 Å². The maximum Gasteiger partial charge on any atom is 0.251 e. The van der Waals surface area contributed by atoms with Crippen molar-refractivity contribution >= 4 is 22.9 Å². The summed E-state index contributed by atoms with van der Waals surface area (Å²) in [5.74, 6) is 1.30. The lowest BCUT2D eigenvalue weighted by Crippen LogP contribution is -2.33. The molecular weight excluding hydrogens is 330 g/mol. The number of fused-ring (bicyclic) bond motifs is 3. The van der Waals surface area contributed by atoms with Gasteiger partial charge in [-0.1, -0.05) is 0 Å². The predicted octanol–water partition coefficient (Wildman–Crippen LogP) is 3.71. The number of rotatable bonds is 4. The molecule has 1 aromatic heterocycles. The fourth-order valence-electron chi connectivity index (χ4n) is 4.23. The Labute approximate surface area is 152 Å². The molecule has 5 rings (SSSR count). The lowest BCUT2D eigenvalue weighted by Gasteiger charge is -2.37. The van der Waals surface area contributed by atoms with Crippen molar-refractivity contribution in [3.8, 4) is 0 Å². The van der Waals surface area contributed by atoms with Crippen LogP contribution in [0.5, 0.6) is 0 Å². The molecule has 3 heterocycles. The average molecular weight is 353 g/mol. The van der Waals surface area contributed by atoms with Crippen LogP contribution in [0.3, 0.4) is 0 Å². The summed E-state index contributed by atoms with van der Waals surface area (Å²) in [6, 6.07) is 9.03. The number of benzene rings is 1. The minimum atomic E-state index is 0.0594. The molecule has 4 nitrogen and oxygen atoms in total. The van der Waals surface area contributed by atoms with Crippen LogP contribution in [0.25, 0.3) is 0 Å². The Bertz CT molecular complexity index is 784. The van der Waals surface area contributed by atoms with E-state index in [1.165, 1.54) is 24.0 Å². The summed E-state index contributed by atoms with van der Waals surface area (Å²) in [6.45, 7) is 1.86. The predicted molar refractivity (Wildman–Crippen MR) is 101 cm³/mol. The molecule has 0 radical (unpaired) electrons. The van der Waals surface area contributed by atoms with Crippen molar-refractivity contribution in [3.63, 3.8) is 0 Å². The number of carbonyl (C=O) groups is 1. The Hall–Kier alpha value is -1.85. The van der Waals surface area contributed by atoms with E-state index in [-0.39, 0.29) is 5.91 Å². The van der Waals surface area contributed by atoms with E-state index < -0.39 is 0 Å². The summed E-state index contributed by atoms with van der Waals surface area (Å²) >= 11 is 1.75. The number of thiophene rings is 1. The largest absolute Gasteiger partial charge is 0.378 e. The van der Waals surface area contributed by atoms with Gasteiger partial charge < -0.3 is 16.0 Å². The summed E-state index contributed by atoms with van der Waals surface area (Å²) in [4.78, 5) is 12.5. The van der Waals surface area contributed by atoms with Gasteiger partial charge >= 0.3 is 0 Å². The summed E-state index contributed by atoms with van der Waals surface area (Å²) in [5.41, 5.74) is 4.56. The first-order chi connectivity index (χ1) is 12.3. The number of nitrogens with one attached hydrogen (secondary N) is 3. The summed E-state index contributed by atoms with van der Waals surface area (Å²) in [5, 5.41) is 14.9. The molecule has 2 aromatic rings. The van der Waals surface area contributed by atoms with Gasteiger partial charge in [0.15, 0.2) is 0 Å². The van der Waals surface area contributed by atoms with Gasteiger partial charge in [0.05, 0.1) is 6.04 Å². The zero-order chi connectivity index (χ0) is 16.8. The molecule has 3 unspecified atom stereocenters. The molecule has 1 aliphatic carbocycles. The molecule has 3 N–H and O–H groups in total. The van der Waals surface area contributed by atoms with Crippen molar-refractivity contribution in [2.45, 2.75) is 31.3 Å². The van der Waals surface area contributed by atoms with E-state index in [2.05, 4.69) is 44.9 Å². The van der Waals surface area contributed by atoms with Crippen LogP contribution in [-0.2, 0) is 0 Å². The van der Waals surface area contributed by atoms with Crippen LogP contribution in [0.2, 0.25) is 0 Å². The highest BCUT2D eigenvalue weighted by Gasteiger charge is 2.40. The molecule has 2 fully saturated rings. The minimum absolute atomic E-state index is 0.0594. The molecule has 1 aromatic carbocycles. The van der Waals surface area contributed by atoms with Gasteiger partial charge in [-0.05, 0) is 77.9 Å². The fraction of sp³-hybridized carbons (Fsp3) is 0.450. The van der Waals surface area contributed by atoms with Gasteiger partial charge in [-0.2, -0.15) is 11.3 Å². The lowest BCUT2D eigenvalue weighted by molar-refractivity contribution is 0.0951. The van der Waals surface area contributed by atoms with Crippen molar-refractivity contribution in [3.05, 3.63) is 51.7 Å².